The summed E-state index contributed by atoms with van der Waals surface area (Å²) in [6.07, 6.45) is 4.63. The van der Waals surface area contributed by atoms with Gasteiger partial charge < -0.3 is 9.73 Å². The number of anilines is 1. The lowest BCUT2D eigenvalue weighted by molar-refractivity contribution is 0.530. The van der Waals surface area contributed by atoms with Crippen molar-refractivity contribution in [3.8, 4) is 5.95 Å². The van der Waals surface area contributed by atoms with Crippen LogP contribution < -0.4 is 5.32 Å². The standard InChI is InChI=1S/C12H13N7OS/c1-2-14-10-16-11(19-8-13-7-15-19)18-12(17-10)21-6-9-4-3-5-20-9/h3-5,7-8H,2,6H2,1H3,(H,14,16,17,18). The van der Waals surface area contributed by atoms with Crippen LogP contribution in [0.3, 0.4) is 0 Å². The summed E-state index contributed by atoms with van der Waals surface area (Å²) in [6.45, 7) is 2.71. The van der Waals surface area contributed by atoms with Crippen molar-refractivity contribution in [2.24, 2.45) is 0 Å². The van der Waals surface area contributed by atoms with Gasteiger partial charge in [0.25, 0.3) is 5.95 Å². The molecule has 0 aliphatic heterocycles. The Labute approximate surface area is 125 Å². The first-order valence-corrected chi connectivity index (χ1v) is 7.34. The third-order valence-corrected chi connectivity index (χ3v) is 3.35. The molecule has 3 aromatic heterocycles. The second kappa shape index (κ2) is 6.35. The molecule has 1 N–H and O–H groups in total. The Bertz CT molecular complexity index is 684. The Morgan fingerprint density at radius 1 is 1.33 bits per heavy atom. The van der Waals surface area contributed by atoms with Crippen molar-refractivity contribution in [3.05, 3.63) is 36.8 Å². The third-order valence-electron chi connectivity index (χ3n) is 2.49. The normalized spacial score (nSPS) is 10.7. The first-order chi connectivity index (χ1) is 10.3. The van der Waals surface area contributed by atoms with Crippen LogP contribution in [0.25, 0.3) is 5.95 Å². The fourth-order valence-electron chi connectivity index (χ4n) is 1.59. The zero-order valence-corrected chi connectivity index (χ0v) is 12.1. The Kier molecular flexibility index (Phi) is 4.10. The number of thioether (sulfide) groups is 1. The molecule has 0 aliphatic rings. The van der Waals surface area contributed by atoms with E-state index in [1.165, 1.54) is 22.8 Å². The number of aromatic nitrogens is 6. The van der Waals surface area contributed by atoms with Gasteiger partial charge in [-0.3, -0.25) is 0 Å². The van der Waals surface area contributed by atoms with E-state index in [1.807, 2.05) is 19.1 Å². The van der Waals surface area contributed by atoms with Gasteiger partial charge in [-0.2, -0.15) is 24.7 Å². The van der Waals surface area contributed by atoms with E-state index in [4.69, 9.17) is 4.42 Å². The summed E-state index contributed by atoms with van der Waals surface area (Å²) < 4.78 is 6.80. The molecule has 8 nitrogen and oxygen atoms in total. The molecule has 0 amide bonds. The average Bonchev–Trinajstić information content (AvgIpc) is 3.19. The van der Waals surface area contributed by atoms with E-state index in [1.54, 1.807) is 12.6 Å². The van der Waals surface area contributed by atoms with Gasteiger partial charge in [-0.25, -0.2) is 4.98 Å². The lowest BCUT2D eigenvalue weighted by Crippen LogP contribution is -2.09. The number of nitrogens with zero attached hydrogens (tertiary/aromatic N) is 6. The molecule has 3 heterocycles. The molecular formula is C12H13N7OS. The van der Waals surface area contributed by atoms with Crippen molar-refractivity contribution in [1.29, 1.82) is 0 Å². The van der Waals surface area contributed by atoms with Crippen LogP contribution in [0.1, 0.15) is 12.7 Å². The van der Waals surface area contributed by atoms with E-state index in [9.17, 15) is 0 Å². The van der Waals surface area contributed by atoms with Gasteiger partial charge in [0, 0.05) is 6.54 Å². The van der Waals surface area contributed by atoms with Crippen LogP contribution in [0.2, 0.25) is 0 Å². The Balaban J connectivity index is 1.84. The van der Waals surface area contributed by atoms with Crippen LogP contribution in [0.15, 0.2) is 40.6 Å². The first-order valence-electron chi connectivity index (χ1n) is 6.35. The van der Waals surface area contributed by atoms with Crippen molar-refractivity contribution >= 4 is 17.7 Å². The number of rotatable bonds is 6. The topological polar surface area (TPSA) is 94.6 Å². The SMILES string of the molecule is CCNc1nc(SCc2ccco2)nc(-n2cncn2)n1. The molecule has 0 aliphatic carbocycles. The second-order valence-electron chi connectivity index (χ2n) is 3.98. The van der Waals surface area contributed by atoms with Crippen molar-refractivity contribution in [2.75, 3.05) is 11.9 Å². The van der Waals surface area contributed by atoms with Crippen molar-refractivity contribution in [2.45, 2.75) is 17.8 Å². The van der Waals surface area contributed by atoms with Crippen molar-refractivity contribution in [3.63, 3.8) is 0 Å². The summed E-state index contributed by atoms with van der Waals surface area (Å²) in [6, 6.07) is 3.77. The van der Waals surface area contributed by atoms with Gasteiger partial charge in [0.2, 0.25) is 5.95 Å². The Morgan fingerprint density at radius 2 is 2.29 bits per heavy atom. The van der Waals surface area contributed by atoms with Crippen LogP contribution in [0, 0.1) is 0 Å². The van der Waals surface area contributed by atoms with Gasteiger partial charge in [0.05, 0.1) is 12.0 Å². The molecule has 21 heavy (non-hydrogen) atoms. The van der Waals surface area contributed by atoms with E-state index < -0.39 is 0 Å². The maximum absolute atomic E-state index is 5.30. The molecule has 0 aromatic carbocycles. The van der Waals surface area contributed by atoms with Gasteiger partial charge in [0.1, 0.15) is 18.4 Å². The minimum absolute atomic E-state index is 0.431. The third kappa shape index (κ3) is 3.37. The molecule has 0 fully saturated rings. The first kappa shape index (κ1) is 13.6. The predicted octanol–water partition coefficient (Wildman–Crippen LogP) is 1.77. The van der Waals surface area contributed by atoms with Gasteiger partial charge >= 0.3 is 0 Å². The maximum atomic E-state index is 5.30. The van der Waals surface area contributed by atoms with Gasteiger partial charge in [-0.05, 0) is 19.1 Å². The zero-order chi connectivity index (χ0) is 14.5. The van der Waals surface area contributed by atoms with Crippen LogP contribution in [0.4, 0.5) is 5.95 Å². The van der Waals surface area contributed by atoms with Gasteiger partial charge in [-0.15, -0.1) is 0 Å². The lowest BCUT2D eigenvalue weighted by atomic mass is 10.5. The summed E-state index contributed by atoms with van der Waals surface area (Å²) in [4.78, 5) is 16.9. The van der Waals surface area contributed by atoms with E-state index >= 15 is 0 Å². The highest BCUT2D eigenvalue weighted by atomic mass is 32.2. The van der Waals surface area contributed by atoms with Gasteiger partial charge in [0.15, 0.2) is 5.16 Å². The minimum Gasteiger partial charge on any atom is -0.468 e. The number of hydrogen-bond donors (Lipinski definition) is 1. The largest absolute Gasteiger partial charge is 0.468 e. The van der Waals surface area contributed by atoms with Crippen LogP contribution in [0.5, 0.6) is 0 Å². The molecule has 0 saturated heterocycles. The molecular weight excluding hydrogens is 290 g/mol. The zero-order valence-electron chi connectivity index (χ0n) is 11.3. The van der Waals surface area contributed by atoms with E-state index in [-0.39, 0.29) is 0 Å². The highest BCUT2D eigenvalue weighted by molar-refractivity contribution is 7.98. The number of nitrogens with one attached hydrogen (secondary N) is 1. The molecule has 108 valence electrons. The maximum Gasteiger partial charge on any atom is 0.257 e. The summed E-state index contributed by atoms with van der Waals surface area (Å²) in [7, 11) is 0. The van der Waals surface area contributed by atoms with Crippen molar-refractivity contribution in [1.82, 2.24) is 29.7 Å². The Hall–Kier alpha value is -2.42. The Morgan fingerprint density at radius 3 is 3.00 bits per heavy atom. The van der Waals surface area contributed by atoms with E-state index in [2.05, 4.69) is 30.4 Å². The molecule has 0 radical (unpaired) electrons. The number of furan rings is 1. The van der Waals surface area contributed by atoms with Gasteiger partial charge in [-0.1, -0.05) is 11.8 Å². The molecule has 0 bridgehead atoms. The average molecular weight is 303 g/mol. The summed E-state index contributed by atoms with van der Waals surface area (Å²) >= 11 is 1.47. The van der Waals surface area contributed by atoms with E-state index in [0.29, 0.717) is 22.8 Å². The van der Waals surface area contributed by atoms with Crippen LogP contribution >= 0.6 is 11.8 Å². The fraction of sp³-hybridized carbons (Fsp3) is 0.250. The molecule has 9 heteroatoms. The number of hydrogen-bond acceptors (Lipinski definition) is 8. The highest BCUT2D eigenvalue weighted by Crippen LogP contribution is 2.21. The smallest absolute Gasteiger partial charge is 0.257 e. The summed E-state index contributed by atoms with van der Waals surface area (Å²) in [5, 5.41) is 7.72. The fourth-order valence-corrected chi connectivity index (χ4v) is 2.32. The molecule has 0 unspecified atom stereocenters. The molecule has 3 aromatic rings. The summed E-state index contributed by atoms with van der Waals surface area (Å²) in [5.74, 6) is 2.47. The molecule has 0 atom stereocenters. The monoisotopic (exact) mass is 303 g/mol. The minimum atomic E-state index is 0.431. The van der Waals surface area contributed by atoms with E-state index in [0.717, 1.165) is 12.3 Å². The predicted molar refractivity (Wildman–Crippen MR) is 77.2 cm³/mol. The summed E-state index contributed by atoms with van der Waals surface area (Å²) in [5.41, 5.74) is 0. The van der Waals surface area contributed by atoms with Crippen LogP contribution in [-0.4, -0.2) is 36.3 Å². The van der Waals surface area contributed by atoms with Crippen molar-refractivity contribution < 1.29 is 4.42 Å². The highest BCUT2D eigenvalue weighted by Gasteiger charge is 2.09. The molecule has 0 saturated carbocycles. The molecule has 0 spiro atoms. The second-order valence-corrected chi connectivity index (χ2v) is 4.92. The van der Waals surface area contributed by atoms with Crippen LogP contribution in [-0.2, 0) is 5.75 Å². The lowest BCUT2D eigenvalue weighted by Gasteiger charge is -2.06. The quantitative estimate of drug-likeness (QED) is 0.688. The molecule has 3 rings (SSSR count).